The van der Waals surface area contributed by atoms with E-state index >= 15 is 0 Å². The Morgan fingerprint density at radius 1 is 1.44 bits per heavy atom. The number of nitrogen functional groups attached to an aromatic ring is 1. The number of nitrogens with one attached hydrogen (secondary N) is 1. The molecule has 1 aliphatic heterocycles. The fourth-order valence-electron chi connectivity index (χ4n) is 2.97. The summed E-state index contributed by atoms with van der Waals surface area (Å²) in [5.74, 6) is -0.274. The van der Waals surface area contributed by atoms with E-state index in [2.05, 4.69) is 25.2 Å². The van der Waals surface area contributed by atoms with Crippen LogP contribution < -0.4 is 11.1 Å². The summed E-state index contributed by atoms with van der Waals surface area (Å²) >= 11 is 1.62. The van der Waals surface area contributed by atoms with Gasteiger partial charge in [0.2, 0.25) is 5.95 Å². The van der Waals surface area contributed by atoms with Crippen molar-refractivity contribution in [3.63, 3.8) is 0 Å². The van der Waals surface area contributed by atoms with Crippen LogP contribution in [0.1, 0.15) is 33.3 Å². The maximum absolute atomic E-state index is 12.3. The van der Waals surface area contributed by atoms with E-state index in [1.807, 2.05) is 12.3 Å². The second-order valence-electron chi connectivity index (χ2n) is 6.28. The molecule has 0 unspecified atom stereocenters. The molecule has 9 heteroatoms. The Balaban J connectivity index is 1.57. The number of β-amino-alcohol motifs (C(OH)–C–C–N with tert-alkyl or cyclic N) is 1. The molecule has 3 rings (SSSR count). The molecule has 1 saturated heterocycles. The van der Waals surface area contributed by atoms with Crippen LogP contribution in [0.25, 0.3) is 0 Å². The first kappa shape index (κ1) is 17.7. The Bertz CT molecular complexity index is 745. The van der Waals surface area contributed by atoms with Crippen LogP contribution in [-0.2, 0) is 6.54 Å². The third-order valence-electron chi connectivity index (χ3n) is 4.14. The largest absolute Gasteiger partial charge is 0.390 e. The standard InChI is InChI=1S/C16H22N6O2S/c1-9-5-13(21-16(17)18-9)15(24)20-12-3-4-22(7-14(12)23)6-11-8-25-10(2)19-11/h5,8,12,14,23H,3-4,6-7H2,1-2H3,(H,20,24)(H2,17,18,21)/t12-,14-/m1/s1. The first-order valence-corrected chi connectivity index (χ1v) is 9.02. The van der Waals surface area contributed by atoms with Gasteiger partial charge in [-0.3, -0.25) is 9.69 Å². The fraction of sp³-hybridized carbons (Fsp3) is 0.500. The lowest BCUT2D eigenvalue weighted by Gasteiger charge is -2.35. The third kappa shape index (κ3) is 4.50. The van der Waals surface area contributed by atoms with Crippen LogP contribution in [0.4, 0.5) is 5.95 Å². The van der Waals surface area contributed by atoms with Crippen molar-refractivity contribution in [2.75, 3.05) is 18.8 Å². The maximum Gasteiger partial charge on any atom is 0.270 e. The summed E-state index contributed by atoms with van der Waals surface area (Å²) < 4.78 is 0. The first-order chi connectivity index (χ1) is 11.9. The van der Waals surface area contributed by atoms with Gasteiger partial charge in [0, 0.05) is 30.7 Å². The number of carbonyl (C=O) groups excluding carboxylic acids is 1. The molecule has 1 amide bonds. The van der Waals surface area contributed by atoms with Gasteiger partial charge < -0.3 is 16.2 Å². The molecule has 2 atom stereocenters. The topological polar surface area (TPSA) is 117 Å². The number of likely N-dealkylation sites (tertiary alicyclic amines) is 1. The number of aliphatic hydroxyl groups excluding tert-OH is 1. The summed E-state index contributed by atoms with van der Waals surface area (Å²) in [6.45, 7) is 5.72. The molecule has 0 radical (unpaired) electrons. The lowest BCUT2D eigenvalue weighted by molar-refractivity contribution is 0.0344. The van der Waals surface area contributed by atoms with E-state index in [0.29, 0.717) is 25.2 Å². The summed E-state index contributed by atoms with van der Waals surface area (Å²) in [6, 6.07) is 1.27. The van der Waals surface area contributed by atoms with Crippen molar-refractivity contribution in [3.8, 4) is 0 Å². The average molecular weight is 362 g/mol. The second-order valence-corrected chi connectivity index (χ2v) is 7.34. The van der Waals surface area contributed by atoms with Gasteiger partial charge in [-0.15, -0.1) is 11.3 Å². The number of amides is 1. The van der Waals surface area contributed by atoms with Crippen molar-refractivity contribution < 1.29 is 9.90 Å². The molecular weight excluding hydrogens is 340 g/mol. The molecule has 1 aliphatic rings. The van der Waals surface area contributed by atoms with Crippen LogP contribution in [-0.4, -0.2) is 56.1 Å². The molecule has 0 spiro atoms. The fourth-order valence-corrected chi connectivity index (χ4v) is 3.57. The Kier molecular flexibility index (Phi) is 5.26. The molecule has 2 aromatic heterocycles. The van der Waals surface area contributed by atoms with E-state index in [0.717, 1.165) is 17.2 Å². The van der Waals surface area contributed by atoms with Gasteiger partial charge in [0.15, 0.2) is 0 Å². The van der Waals surface area contributed by atoms with Crippen molar-refractivity contribution in [2.45, 2.75) is 39.0 Å². The number of carbonyl (C=O) groups is 1. The van der Waals surface area contributed by atoms with Crippen molar-refractivity contribution in [2.24, 2.45) is 0 Å². The number of rotatable bonds is 4. The Morgan fingerprint density at radius 2 is 2.24 bits per heavy atom. The van der Waals surface area contributed by atoms with E-state index in [-0.39, 0.29) is 23.6 Å². The highest BCUT2D eigenvalue weighted by molar-refractivity contribution is 7.09. The Morgan fingerprint density at radius 3 is 2.88 bits per heavy atom. The van der Waals surface area contributed by atoms with Gasteiger partial charge in [0.1, 0.15) is 5.69 Å². The minimum absolute atomic E-state index is 0.0686. The predicted molar refractivity (Wildman–Crippen MR) is 95.2 cm³/mol. The number of hydrogen-bond acceptors (Lipinski definition) is 8. The van der Waals surface area contributed by atoms with Crippen molar-refractivity contribution >= 4 is 23.2 Å². The normalized spacial score (nSPS) is 21.2. The van der Waals surface area contributed by atoms with Crippen LogP contribution in [0.3, 0.4) is 0 Å². The maximum atomic E-state index is 12.3. The molecule has 0 saturated carbocycles. The summed E-state index contributed by atoms with van der Waals surface area (Å²) in [4.78, 5) is 26.9. The van der Waals surface area contributed by atoms with E-state index in [1.165, 1.54) is 0 Å². The van der Waals surface area contributed by atoms with Crippen LogP contribution in [0, 0.1) is 13.8 Å². The van der Waals surface area contributed by atoms with Crippen molar-refractivity contribution in [1.82, 2.24) is 25.2 Å². The number of nitrogens with two attached hydrogens (primary N) is 1. The molecule has 4 N–H and O–H groups in total. The quantitative estimate of drug-likeness (QED) is 0.725. The van der Waals surface area contributed by atoms with E-state index < -0.39 is 6.10 Å². The van der Waals surface area contributed by atoms with Gasteiger partial charge in [-0.05, 0) is 26.3 Å². The summed E-state index contributed by atoms with van der Waals surface area (Å²) in [5.41, 5.74) is 7.46. The van der Waals surface area contributed by atoms with Crippen LogP contribution in [0.15, 0.2) is 11.4 Å². The average Bonchev–Trinajstić information content (AvgIpc) is 2.94. The zero-order chi connectivity index (χ0) is 18.0. The van der Waals surface area contributed by atoms with Crippen LogP contribution >= 0.6 is 11.3 Å². The third-order valence-corrected chi connectivity index (χ3v) is 4.96. The highest BCUT2D eigenvalue weighted by Crippen LogP contribution is 2.16. The number of nitrogens with zero attached hydrogens (tertiary/aromatic N) is 4. The zero-order valence-electron chi connectivity index (χ0n) is 14.3. The molecule has 134 valence electrons. The molecule has 0 bridgehead atoms. The van der Waals surface area contributed by atoms with Gasteiger partial charge in [-0.25, -0.2) is 15.0 Å². The predicted octanol–water partition coefficient (Wildman–Crippen LogP) is 0.497. The van der Waals surface area contributed by atoms with Gasteiger partial charge >= 0.3 is 0 Å². The van der Waals surface area contributed by atoms with Gasteiger partial charge in [0.25, 0.3) is 5.91 Å². The first-order valence-electron chi connectivity index (χ1n) is 8.14. The lowest BCUT2D eigenvalue weighted by Crippen LogP contribution is -2.53. The highest BCUT2D eigenvalue weighted by Gasteiger charge is 2.29. The summed E-state index contributed by atoms with van der Waals surface area (Å²) in [6.07, 6.45) is 0.0213. The smallest absolute Gasteiger partial charge is 0.270 e. The molecule has 1 fully saturated rings. The molecule has 2 aromatic rings. The Hall–Kier alpha value is -2.10. The number of aliphatic hydroxyl groups is 1. The van der Waals surface area contributed by atoms with Gasteiger partial charge in [-0.1, -0.05) is 0 Å². The van der Waals surface area contributed by atoms with E-state index in [4.69, 9.17) is 5.73 Å². The number of aryl methyl sites for hydroxylation is 2. The van der Waals surface area contributed by atoms with Crippen molar-refractivity contribution in [3.05, 3.63) is 33.5 Å². The van der Waals surface area contributed by atoms with Gasteiger partial charge in [-0.2, -0.15) is 0 Å². The van der Waals surface area contributed by atoms with Crippen LogP contribution in [0.2, 0.25) is 0 Å². The van der Waals surface area contributed by atoms with Gasteiger partial charge in [0.05, 0.1) is 22.8 Å². The minimum atomic E-state index is -0.641. The number of anilines is 1. The molecule has 0 aliphatic carbocycles. The Labute approximate surface area is 150 Å². The second kappa shape index (κ2) is 7.42. The van der Waals surface area contributed by atoms with Crippen molar-refractivity contribution in [1.29, 1.82) is 0 Å². The van der Waals surface area contributed by atoms with E-state index in [9.17, 15) is 9.90 Å². The van der Waals surface area contributed by atoms with E-state index in [1.54, 1.807) is 24.3 Å². The highest BCUT2D eigenvalue weighted by atomic mass is 32.1. The molecule has 3 heterocycles. The molecule has 8 nitrogen and oxygen atoms in total. The minimum Gasteiger partial charge on any atom is -0.390 e. The number of aromatic nitrogens is 3. The molecular formula is C16H22N6O2S. The molecule has 0 aromatic carbocycles. The monoisotopic (exact) mass is 362 g/mol. The summed E-state index contributed by atoms with van der Waals surface area (Å²) in [5, 5.41) is 16.3. The number of thiazole rings is 1. The molecule has 25 heavy (non-hydrogen) atoms. The summed E-state index contributed by atoms with van der Waals surface area (Å²) in [7, 11) is 0. The van der Waals surface area contributed by atoms with Crippen LogP contribution in [0.5, 0.6) is 0 Å². The zero-order valence-corrected chi connectivity index (χ0v) is 15.1. The lowest BCUT2D eigenvalue weighted by atomic mass is 10.0. The number of piperidine rings is 1. The SMILES string of the molecule is Cc1cc(C(=O)N[C@@H]2CCN(Cc3csc(C)n3)C[C@H]2O)nc(N)n1. The number of hydrogen-bond donors (Lipinski definition) is 3.